The number of para-hydroxylation sites is 2. The first-order valence-electron chi connectivity index (χ1n) is 14.0. The molecule has 194 valence electrons. The third-order valence-electron chi connectivity index (χ3n) is 7.65. The van der Waals surface area contributed by atoms with Crippen LogP contribution < -0.4 is 4.90 Å². The highest BCUT2D eigenvalue weighted by molar-refractivity contribution is 5.96. The summed E-state index contributed by atoms with van der Waals surface area (Å²) in [7, 11) is 0. The highest BCUT2D eigenvalue weighted by Gasteiger charge is 2.21. The van der Waals surface area contributed by atoms with Crippen molar-refractivity contribution in [2.24, 2.45) is 0 Å². The molecule has 41 heavy (non-hydrogen) atoms. The molecular formula is C40H29N. The quantitative estimate of drug-likeness (QED) is 0.209. The zero-order valence-electron chi connectivity index (χ0n) is 22.7. The van der Waals surface area contributed by atoms with Crippen molar-refractivity contribution in [2.75, 3.05) is 4.90 Å². The van der Waals surface area contributed by atoms with E-state index in [0.717, 1.165) is 17.1 Å². The summed E-state index contributed by atoms with van der Waals surface area (Å²) in [6.45, 7) is 0. The Bertz CT molecular complexity index is 1930. The van der Waals surface area contributed by atoms with Crippen LogP contribution in [-0.2, 0) is 0 Å². The van der Waals surface area contributed by atoms with Gasteiger partial charge in [0.15, 0.2) is 0 Å². The molecule has 1 nitrogen and oxygen atoms in total. The number of rotatable bonds is 6. The van der Waals surface area contributed by atoms with Gasteiger partial charge >= 0.3 is 0 Å². The average molecular weight is 524 g/mol. The monoisotopic (exact) mass is 523 g/mol. The molecule has 0 atom stereocenters. The van der Waals surface area contributed by atoms with Gasteiger partial charge in [-0.1, -0.05) is 146 Å². The summed E-state index contributed by atoms with van der Waals surface area (Å²) in [5.74, 6) is 0. The summed E-state index contributed by atoms with van der Waals surface area (Å²) in [6.07, 6.45) is 0. The molecule has 0 N–H and O–H groups in total. The van der Waals surface area contributed by atoms with Gasteiger partial charge in [0.05, 0.1) is 11.4 Å². The van der Waals surface area contributed by atoms with E-state index in [9.17, 15) is 0 Å². The minimum atomic E-state index is 1.11. The molecule has 7 aromatic rings. The molecule has 0 unspecified atom stereocenters. The van der Waals surface area contributed by atoms with Gasteiger partial charge in [0.25, 0.3) is 0 Å². The van der Waals surface area contributed by atoms with E-state index in [4.69, 9.17) is 0 Å². The Labute approximate surface area is 241 Å². The minimum Gasteiger partial charge on any atom is -0.309 e. The van der Waals surface area contributed by atoms with E-state index in [1.54, 1.807) is 0 Å². The lowest BCUT2D eigenvalue weighted by Gasteiger charge is -2.30. The minimum absolute atomic E-state index is 1.11. The Hall–Kier alpha value is -5.40. The van der Waals surface area contributed by atoms with Crippen LogP contribution in [0.5, 0.6) is 0 Å². The van der Waals surface area contributed by atoms with Crippen molar-refractivity contribution in [1.29, 1.82) is 0 Å². The van der Waals surface area contributed by atoms with Gasteiger partial charge in [-0.05, 0) is 63.4 Å². The van der Waals surface area contributed by atoms with Crippen LogP contribution in [-0.4, -0.2) is 0 Å². The van der Waals surface area contributed by atoms with Crippen LogP contribution in [0.1, 0.15) is 0 Å². The van der Waals surface area contributed by atoms with Gasteiger partial charge in [-0.25, -0.2) is 0 Å². The van der Waals surface area contributed by atoms with E-state index in [1.165, 1.54) is 44.2 Å². The number of fused-ring (bicyclic) bond motifs is 1. The zero-order chi connectivity index (χ0) is 27.4. The van der Waals surface area contributed by atoms with Crippen LogP contribution in [0.4, 0.5) is 17.1 Å². The first-order valence-corrected chi connectivity index (χ1v) is 14.0. The van der Waals surface area contributed by atoms with Gasteiger partial charge in [-0.15, -0.1) is 0 Å². The molecule has 0 fully saturated rings. The molecule has 0 aliphatic heterocycles. The van der Waals surface area contributed by atoms with Crippen molar-refractivity contribution >= 4 is 27.8 Å². The molecule has 0 amide bonds. The van der Waals surface area contributed by atoms with E-state index >= 15 is 0 Å². The van der Waals surface area contributed by atoms with Gasteiger partial charge in [-0.2, -0.15) is 0 Å². The lowest BCUT2D eigenvalue weighted by molar-refractivity contribution is 1.28. The van der Waals surface area contributed by atoms with Crippen LogP contribution in [0.2, 0.25) is 0 Å². The number of benzene rings is 7. The standard InChI is InChI=1S/C40H29N/c1-4-15-31(16-5-1)37-22-12-13-23-39(37)41(36-20-8-3-9-21-36)40-29-35(26-27-38(40)32-17-6-2-7-18-32)34-25-24-30-14-10-11-19-33(30)28-34/h1-29H. The Kier molecular flexibility index (Phi) is 6.61. The highest BCUT2D eigenvalue weighted by Crippen LogP contribution is 2.45. The zero-order valence-corrected chi connectivity index (χ0v) is 22.7. The maximum atomic E-state index is 2.41. The number of nitrogens with zero attached hydrogens (tertiary/aromatic N) is 1. The Morgan fingerprint density at radius 3 is 1.51 bits per heavy atom. The third kappa shape index (κ3) is 4.90. The van der Waals surface area contributed by atoms with Crippen molar-refractivity contribution in [1.82, 2.24) is 0 Å². The van der Waals surface area contributed by atoms with E-state index in [2.05, 4.69) is 181 Å². The predicted octanol–water partition coefficient (Wildman–Crippen LogP) is 11.3. The molecule has 0 bridgehead atoms. The Morgan fingerprint density at radius 2 is 0.805 bits per heavy atom. The molecule has 0 aliphatic carbocycles. The second-order valence-electron chi connectivity index (χ2n) is 10.2. The second-order valence-corrected chi connectivity index (χ2v) is 10.2. The van der Waals surface area contributed by atoms with Gasteiger partial charge in [0, 0.05) is 16.8 Å². The van der Waals surface area contributed by atoms with Crippen molar-refractivity contribution in [3.8, 4) is 33.4 Å². The lowest BCUT2D eigenvalue weighted by atomic mass is 9.95. The van der Waals surface area contributed by atoms with E-state index in [1.807, 2.05) is 0 Å². The summed E-state index contributed by atoms with van der Waals surface area (Å²) in [5.41, 5.74) is 10.5. The molecule has 7 aromatic carbocycles. The maximum absolute atomic E-state index is 2.41. The number of hydrogen-bond acceptors (Lipinski definition) is 1. The van der Waals surface area contributed by atoms with Crippen molar-refractivity contribution in [3.63, 3.8) is 0 Å². The van der Waals surface area contributed by atoms with Crippen LogP contribution >= 0.6 is 0 Å². The molecular weight excluding hydrogens is 494 g/mol. The predicted molar refractivity (Wildman–Crippen MR) is 175 cm³/mol. The molecule has 0 radical (unpaired) electrons. The molecule has 0 aromatic heterocycles. The van der Waals surface area contributed by atoms with Crippen LogP contribution in [0, 0.1) is 0 Å². The normalized spacial score (nSPS) is 10.9. The molecule has 0 heterocycles. The first kappa shape index (κ1) is 24.6. The SMILES string of the molecule is c1ccc(-c2ccccc2N(c2ccccc2)c2cc(-c3ccc4ccccc4c3)ccc2-c2ccccc2)cc1. The van der Waals surface area contributed by atoms with E-state index < -0.39 is 0 Å². The Balaban J connectivity index is 1.50. The molecule has 0 saturated heterocycles. The molecule has 0 aliphatic rings. The average Bonchev–Trinajstić information content (AvgIpc) is 3.06. The fraction of sp³-hybridized carbons (Fsp3) is 0. The maximum Gasteiger partial charge on any atom is 0.0546 e. The fourth-order valence-electron chi connectivity index (χ4n) is 5.64. The third-order valence-corrected chi connectivity index (χ3v) is 7.65. The van der Waals surface area contributed by atoms with Crippen LogP contribution in [0.3, 0.4) is 0 Å². The van der Waals surface area contributed by atoms with Gasteiger partial charge in [0.1, 0.15) is 0 Å². The van der Waals surface area contributed by atoms with Crippen LogP contribution in [0.15, 0.2) is 176 Å². The summed E-state index contributed by atoms with van der Waals surface area (Å²) < 4.78 is 0. The van der Waals surface area contributed by atoms with Crippen molar-refractivity contribution in [2.45, 2.75) is 0 Å². The largest absolute Gasteiger partial charge is 0.309 e. The van der Waals surface area contributed by atoms with Gasteiger partial charge in [0.2, 0.25) is 0 Å². The topological polar surface area (TPSA) is 3.24 Å². The summed E-state index contributed by atoms with van der Waals surface area (Å²) in [4.78, 5) is 2.41. The molecule has 1 heteroatoms. The fourth-order valence-corrected chi connectivity index (χ4v) is 5.64. The van der Waals surface area contributed by atoms with E-state index in [0.29, 0.717) is 0 Å². The molecule has 0 spiro atoms. The Morgan fingerprint density at radius 1 is 0.293 bits per heavy atom. The molecule has 0 saturated carbocycles. The van der Waals surface area contributed by atoms with E-state index in [-0.39, 0.29) is 0 Å². The summed E-state index contributed by atoms with van der Waals surface area (Å²) in [6, 6.07) is 62.9. The first-order chi connectivity index (χ1) is 20.3. The highest BCUT2D eigenvalue weighted by atomic mass is 15.1. The number of anilines is 3. The summed E-state index contributed by atoms with van der Waals surface area (Å²) >= 11 is 0. The van der Waals surface area contributed by atoms with Gasteiger partial charge < -0.3 is 4.90 Å². The van der Waals surface area contributed by atoms with Crippen molar-refractivity contribution < 1.29 is 0 Å². The lowest BCUT2D eigenvalue weighted by Crippen LogP contribution is -2.12. The van der Waals surface area contributed by atoms with Crippen LogP contribution in [0.25, 0.3) is 44.2 Å². The summed E-state index contributed by atoms with van der Waals surface area (Å²) in [5, 5.41) is 2.49. The van der Waals surface area contributed by atoms with Crippen molar-refractivity contribution in [3.05, 3.63) is 176 Å². The smallest absolute Gasteiger partial charge is 0.0546 e. The molecule has 7 rings (SSSR count). The second kappa shape index (κ2) is 11.0. The number of hydrogen-bond donors (Lipinski definition) is 0. The van der Waals surface area contributed by atoms with Gasteiger partial charge in [-0.3, -0.25) is 0 Å².